The molecule has 0 bridgehead atoms. The lowest BCUT2D eigenvalue weighted by Crippen LogP contribution is -2.26. The number of carbonyl (C=O) groups is 1. The lowest BCUT2D eigenvalue weighted by atomic mass is 9.99. The molecule has 0 radical (unpaired) electrons. The Labute approximate surface area is 127 Å². The Morgan fingerprint density at radius 2 is 1.86 bits per heavy atom. The Morgan fingerprint density at radius 1 is 1.14 bits per heavy atom. The second kappa shape index (κ2) is 5.33. The van der Waals surface area contributed by atoms with E-state index in [1.807, 2.05) is 42.5 Å². The van der Waals surface area contributed by atoms with E-state index < -0.39 is 28.8 Å². The first-order valence-electron chi connectivity index (χ1n) is 6.55. The summed E-state index contributed by atoms with van der Waals surface area (Å²) in [7, 11) is 0. The molecule has 21 heavy (non-hydrogen) atoms. The van der Waals surface area contributed by atoms with Crippen LogP contribution in [0.1, 0.15) is 5.56 Å². The van der Waals surface area contributed by atoms with Gasteiger partial charge in [-0.3, -0.25) is 0 Å². The fourth-order valence-electron chi connectivity index (χ4n) is 2.53. The number of hydrogen-bond acceptors (Lipinski definition) is 5. The van der Waals surface area contributed by atoms with Crippen LogP contribution in [0.25, 0.3) is 10.8 Å². The van der Waals surface area contributed by atoms with Gasteiger partial charge < -0.3 is 14.9 Å². The molecule has 2 unspecified atom stereocenters. The van der Waals surface area contributed by atoms with Crippen molar-refractivity contribution in [3.8, 4) is 0 Å². The van der Waals surface area contributed by atoms with Crippen molar-refractivity contribution in [1.82, 2.24) is 0 Å². The summed E-state index contributed by atoms with van der Waals surface area (Å²) in [5.41, 5.74) is 1.04. The molecule has 4 nitrogen and oxygen atoms in total. The molecule has 5 heteroatoms. The number of aliphatic hydroxyl groups is 2. The van der Waals surface area contributed by atoms with Crippen molar-refractivity contribution < 1.29 is 19.7 Å². The Morgan fingerprint density at radius 3 is 2.57 bits per heavy atom. The average Bonchev–Trinajstić information content (AvgIpc) is 2.75. The number of ether oxygens (including phenoxy) is 1. The highest BCUT2D eigenvalue weighted by Crippen LogP contribution is 2.28. The van der Waals surface area contributed by atoms with Gasteiger partial charge >= 0.3 is 5.97 Å². The van der Waals surface area contributed by atoms with Crippen LogP contribution in [0.15, 0.2) is 54.0 Å². The Hall–Kier alpha value is -2.14. The molecule has 3 rings (SSSR count). The molecule has 1 aliphatic rings. The monoisotopic (exact) mass is 302 g/mol. The van der Waals surface area contributed by atoms with Gasteiger partial charge in [0.1, 0.15) is 0 Å². The zero-order valence-corrected chi connectivity index (χ0v) is 12.0. The first-order valence-corrected chi connectivity index (χ1v) is 7.07. The minimum atomic E-state index is -0.917. The molecular formula is C16H14O4S. The fourth-order valence-corrected chi connectivity index (χ4v) is 2.93. The van der Waals surface area contributed by atoms with Gasteiger partial charge in [-0.05, 0) is 22.8 Å². The summed E-state index contributed by atoms with van der Waals surface area (Å²) in [6, 6.07) is 13.9. The third-order valence-electron chi connectivity index (χ3n) is 3.60. The number of benzene rings is 2. The summed E-state index contributed by atoms with van der Waals surface area (Å²) >= 11 is 4.42. The van der Waals surface area contributed by atoms with Gasteiger partial charge in [0, 0.05) is 0 Å². The number of fused-ring (bicyclic) bond motifs is 1. The smallest absolute Gasteiger partial charge is 0.377 e. The summed E-state index contributed by atoms with van der Waals surface area (Å²) in [6.07, 6.45) is -0.417. The van der Waals surface area contributed by atoms with Gasteiger partial charge in [-0.15, -0.1) is 0 Å². The maximum Gasteiger partial charge on any atom is 0.377 e. The molecule has 2 N–H and O–H groups in total. The van der Waals surface area contributed by atoms with E-state index in [1.54, 1.807) is 0 Å². The summed E-state index contributed by atoms with van der Waals surface area (Å²) in [6.45, 7) is 0. The van der Waals surface area contributed by atoms with Crippen molar-refractivity contribution in [3.63, 3.8) is 0 Å². The van der Waals surface area contributed by atoms with E-state index in [0.717, 1.165) is 16.3 Å². The Balaban J connectivity index is 1.88. The molecule has 2 aromatic carbocycles. The van der Waals surface area contributed by atoms with Gasteiger partial charge in [-0.1, -0.05) is 42.5 Å². The van der Waals surface area contributed by atoms with Gasteiger partial charge in [-0.2, -0.15) is 12.6 Å². The van der Waals surface area contributed by atoms with Crippen molar-refractivity contribution in [1.29, 1.82) is 0 Å². The zero-order chi connectivity index (χ0) is 15.0. The second-order valence-corrected chi connectivity index (χ2v) is 5.63. The summed E-state index contributed by atoms with van der Waals surface area (Å²) < 4.78 is 4.94. The maximum absolute atomic E-state index is 11.2. The fraction of sp³-hybridized carbons (Fsp3) is 0.188. The minimum Gasteiger partial charge on any atom is -0.505 e. The zero-order valence-electron chi connectivity index (χ0n) is 11.1. The van der Waals surface area contributed by atoms with E-state index in [9.17, 15) is 15.0 Å². The quantitative estimate of drug-likeness (QED) is 0.602. The first kappa shape index (κ1) is 13.8. The largest absolute Gasteiger partial charge is 0.505 e. The Kier molecular flexibility index (Phi) is 3.51. The first-order chi connectivity index (χ1) is 10.1. The van der Waals surface area contributed by atoms with Gasteiger partial charge in [0.25, 0.3) is 0 Å². The van der Waals surface area contributed by atoms with Gasteiger partial charge in [0.2, 0.25) is 5.76 Å². The standard InChI is InChI=1S/C16H14O4S/c17-13-14(18)16(19)20-15(13)12(21)8-10-6-3-5-9-4-1-2-7-11(9)10/h1-7,12,15,17-18,21H,8H2. The van der Waals surface area contributed by atoms with Gasteiger partial charge in [0.15, 0.2) is 11.9 Å². The van der Waals surface area contributed by atoms with Crippen LogP contribution in [-0.2, 0) is 16.0 Å². The van der Waals surface area contributed by atoms with Crippen molar-refractivity contribution in [2.24, 2.45) is 0 Å². The van der Waals surface area contributed by atoms with Crippen LogP contribution in [-0.4, -0.2) is 27.5 Å². The minimum absolute atomic E-state index is 0.440. The van der Waals surface area contributed by atoms with Crippen LogP contribution in [0.3, 0.4) is 0 Å². The SMILES string of the molecule is O=C1OC(C(S)Cc2cccc3ccccc23)C(O)=C1O. The van der Waals surface area contributed by atoms with Crippen molar-refractivity contribution in [2.75, 3.05) is 0 Å². The lowest BCUT2D eigenvalue weighted by Gasteiger charge is -2.18. The molecule has 0 saturated carbocycles. The maximum atomic E-state index is 11.2. The highest BCUT2D eigenvalue weighted by Gasteiger charge is 2.38. The highest BCUT2D eigenvalue weighted by molar-refractivity contribution is 7.81. The molecule has 108 valence electrons. The van der Waals surface area contributed by atoms with E-state index >= 15 is 0 Å². The summed E-state index contributed by atoms with van der Waals surface area (Å²) in [4.78, 5) is 11.2. The molecule has 0 saturated heterocycles. The van der Waals surface area contributed by atoms with Crippen LogP contribution in [0, 0.1) is 0 Å². The molecule has 0 fully saturated rings. The predicted molar refractivity (Wildman–Crippen MR) is 82.6 cm³/mol. The number of hydrogen-bond donors (Lipinski definition) is 3. The lowest BCUT2D eigenvalue weighted by molar-refractivity contribution is -0.142. The number of esters is 1. The molecule has 0 spiro atoms. The second-order valence-electron chi connectivity index (χ2n) is 4.97. The van der Waals surface area contributed by atoms with Crippen LogP contribution >= 0.6 is 12.6 Å². The molecule has 2 aromatic rings. The number of thiol groups is 1. The number of cyclic esters (lactones) is 1. The third kappa shape index (κ3) is 2.45. The third-order valence-corrected chi connectivity index (χ3v) is 4.05. The van der Waals surface area contributed by atoms with E-state index in [0.29, 0.717) is 6.42 Å². The number of rotatable bonds is 3. The highest BCUT2D eigenvalue weighted by atomic mass is 32.1. The van der Waals surface area contributed by atoms with Crippen LogP contribution in [0.4, 0.5) is 0 Å². The van der Waals surface area contributed by atoms with Crippen LogP contribution < -0.4 is 0 Å². The number of aliphatic hydroxyl groups excluding tert-OH is 2. The van der Waals surface area contributed by atoms with E-state index in [2.05, 4.69) is 12.6 Å². The van der Waals surface area contributed by atoms with Crippen molar-refractivity contribution in [2.45, 2.75) is 17.8 Å². The van der Waals surface area contributed by atoms with E-state index in [1.165, 1.54) is 0 Å². The predicted octanol–water partition coefficient (Wildman–Crippen LogP) is 2.93. The average molecular weight is 302 g/mol. The molecule has 1 aliphatic heterocycles. The van der Waals surface area contributed by atoms with E-state index in [4.69, 9.17) is 4.74 Å². The topological polar surface area (TPSA) is 66.8 Å². The molecular weight excluding hydrogens is 288 g/mol. The van der Waals surface area contributed by atoms with Crippen LogP contribution in [0.5, 0.6) is 0 Å². The normalized spacial score (nSPS) is 19.9. The molecule has 0 aromatic heterocycles. The Bertz CT molecular complexity index is 733. The van der Waals surface area contributed by atoms with Gasteiger partial charge in [-0.25, -0.2) is 4.79 Å². The van der Waals surface area contributed by atoms with Crippen LogP contribution in [0.2, 0.25) is 0 Å². The van der Waals surface area contributed by atoms with Gasteiger partial charge in [0.05, 0.1) is 5.25 Å². The number of carbonyl (C=O) groups excluding carboxylic acids is 1. The summed E-state index contributed by atoms with van der Waals surface area (Å²) in [5, 5.41) is 20.8. The molecule has 0 amide bonds. The molecule has 2 atom stereocenters. The molecule has 1 heterocycles. The van der Waals surface area contributed by atoms with Crippen molar-refractivity contribution in [3.05, 3.63) is 59.5 Å². The summed E-state index contributed by atoms with van der Waals surface area (Å²) in [5.74, 6) is -2.08. The molecule has 0 aliphatic carbocycles. The van der Waals surface area contributed by atoms with E-state index in [-0.39, 0.29) is 0 Å². The van der Waals surface area contributed by atoms with Crippen molar-refractivity contribution >= 4 is 29.4 Å².